The molecule has 0 aromatic heterocycles. The van der Waals surface area contributed by atoms with E-state index in [0.29, 0.717) is 23.1 Å². The second kappa shape index (κ2) is 13.1. The van der Waals surface area contributed by atoms with Crippen molar-refractivity contribution in [2.45, 2.75) is 25.7 Å². The maximum absolute atomic E-state index is 11.8. The molecule has 2 aromatic rings. The number of nitrogens with one attached hydrogen (secondary N) is 6. The molecule has 0 aliphatic heterocycles. The van der Waals surface area contributed by atoms with Gasteiger partial charge in [0.2, 0.25) is 11.8 Å². The summed E-state index contributed by atoms with van der Waals surface area (Å²) < 4.78 is 0. The van der Waals surface area contributed by atoms with Gasteiger partial charge in [0.1, 0.15) is 0 Å². The van der Waals surface area contributed by atoms with Gasteiger partial charge in [-0.05, 0) is 61.5 Å². The van der Waals surface area contributed by atoms with Crippen molar-refractivity contribution in [2.24, 2.45) is 0 Å². The Morgan fingerprint density at radius 1 is 0.600 bits per heavy atom. The predicted octanol–water partition coefficient (Wildman–Crippen LogP) is 2.58. The molecule has 2 aromatic carbocycles. The topological polar surface area (TPSA) is 106 Å². The first-order chi connectivity index (χ1) is 14.5. The third kappa shape index (κ3) is 9.80. The Labute approximate surface area is 186 Å². The van der Waals surface area contributed by atoms with E-state index < -0.39 is 0 Å². The van der Waals surface area contributed by atoms with E-state index in [9.17, 15) is 9.59 Å². The van der Waals surface area contributed by atoms with Crippen LogP contribution in [0.5, 0.6) is 0 Å². The summed E-state index contributed by atoms with van der Waals surface area (Å²) in [5, 5.41) is 6.48. The summed E-state index contributed by atoms with van der Waals surface area (Å²) in [6.07, 6.45) is 1.67. The van der Waals surface area contributed by atoms with Crippen LogP contribution < -0.4 is 32.3 Å². The van der Waals surface area contributed by atoms with E-state index in [1.807, 2.05) is 60.7 Å². The summed E-state index contributed by atoms with van der Waals surface area (Å²) in [5.74, 6) is -0.419. The lowest BCUT2D eigenvalue weighted by atomic mass is 10.2. The summed E-state index contributed by atoms with van der Waals surface area (Å²) in [5.41, 5.74) is 12.0. The van der Waals surface area contributed by atoms with Crippen LogP contribution in [0.3, 0.4) is 0 Å². The number of unbranched alkanes of at least 4 members (excludes halogenated alkanes) is 1. The molecule has 30 heavy (non-hydrogen) atoms. The molecule has 0 radical (unpaired) electrons. The van der Waals surface area contributed by atoms with Gasteiger partial charge in [0, 0.05) is 24.2 Å². The van der Waals surface area contributed by atoms with Crippen molar-refractivity contribution >= 4 is 57.8 Å². The molecule has 0 spiro atoms. The molecule has 0 bridgehead atoms. The van der Waals surface area contributed by atoms with E-state index >= 15 is 0 Å². The van der Waals surface area contributed by atoms with Gasteiger partial charge in [-0.3, -0.25) is 31.3 Å². The lowest BCUT2D eigenvalue weighted by Crippen LogP contribution is -2.44. The van der Waals surface area contributed by atoms with Gasteiger partial charge in [0.25, 0.3) is 0 Å². The number of rotatable bonds is 7. The van der Waals surface area contributed by atoms with Crippen molar-refractivity contribution in [3.05, 3.63) is 60.7 Å². The maximum atomic E-state index is 11.8. The predicted molar refractivity (Wildman–Crippen MR) is 126 cm³/mol. The Morgan fingerprint density at radius 2 is 0.967 bits per heavy atom. The smallest absolute Gasteiger partial charge is 0.238 e. The molecule has 0 saturated heterocycles. The molecular formula is C20H24N6O2S2. The second-order valence-electron chi connectivity index (χ2n) is 6.19. The van der Waals surface area contributed by atoms with E-state index in [4.69, 9.17) is 24.4 Å². The molecule has 6 N–H and O–H groups in total. The van der Waals surface area contributed by atoms with Gasteiger partial charge in [-0.25, -0.2) is 0 Å². The summed E-state index contributed by atoms with van der Waals surface area (Å²) in [6, 6.07) is 18.8. The number of para-hydroxylation sites is 2. The van der Waals surface area contributed by atoms with Gasteiger partial charge in [0.05, 0.1) is 0 Å². The van der Waals surface area contributed by atoms with E-state index in [0.717, 1.165) is 11.4 Å². The Balaban J connectivity index is 1.50. The molecule has 0 atom stereocenters. The minimum absolute atomic E-state index is 0.209. The highest BCUT2D eigenvalue weighted by Crippen LogP contribution is 2.05. The van der Waals surface area contributed by atoms with Gasteiger partial charge in [-0.1, -0.05) is 36.4 Å². The van der Waals surface area contributed by atoms with E-state index in [2.05, 4.69) is 32.3 Å². The Kier molecular flexibility index (Phi) is 10.0. The van der Waals surface area contributed by atoms with Crippen LogP contribution in [0.2, 0.25) is 0 Å². The zero-order chi connectivity index (χ0) is 21.6. The Morgan fingerprint density at radius 3 is 1.33 bits per heavy atom. The number of benzene rings is 2. The molecular weight excluding hydrogens is 420 g/mol. The van der Waals surface area contributed by atoms with Gasteiger partial charge in [0.15, 0.2) is 10.2 Å². The summed E-state index contributed by atoms with van der Waals surface area (Å²) in [6.45, 7) is 0. The van der Waals surface area contributed by atoms with Gasteiger partial charge in [-0.2, -0.15) is 0 Å². The minimum atomic E-state index is -0.209. The van der Waals surface area contributed by atoms with Crippen molar-refractivity contribution in [2.75, 3.05) is 10.6 Å². The van der Waals surface area contributed by atoms with Crippen LogP contribution in [0.25, 0.3) is 0 Å². The largest absolute Gasteiger partial charge is 0.331 e. The molecule has 158 valence electrons. The molecule has 10 heteroatoms. The van der Waals surface area contributed by atoms with Crippen LogP contribution in [0, 0.1) is 0 Å². The Hall–Kier alpha value is -3.24. The molecule has 0 fully saturated rings. The standard InChI is InChI=1S/C20H24N6O2S2/c27-17(23-25-19(29)21-15-9-3-1-4-10-15)13-7-8-14-18(28)24-26-20(30)22-16-11-5-2-6-12-16/h1-6,9-12H,7-8,13-14H2,(H,23,27)(H,24,28)(H2,21,25,29)(H2,22,26,30). The average molecular weight is 445 g/mol. The molecule has 0 aliphatic carbocycles. The van der Waals surface area contributed by atoms with Crippen LogP contribution in [0.1, 0.15) is 25.7 Å². The first kappa shape index (κ1) is 23.0. The van der Waals surface area contributed by atoms with Crippen molar-refractivity contribution in [1.29, 1.82) is 0 Å². The van der Waals surface area contributed by atoms with Crippen LogP contribution >= 0.6 is 24.4 Å². The van der Waals surface area contributed by atoms with Gasteiger partial charge >= 0.3 is 0 Å². The van der Waals surface area contributed by atoms with E-state index in [1.165, 1.54) is 0 Å². The average Bonchev–Trinajstić information content (AvgIpc) is 2.75. The Bertz CT molecular complexity index is 777. The third-order valence-corrected chi connectivity index (χ3v) is 4.16. The fourth-order valence-corrected chi connectivity index (χ4v) is 2.65. The molecule has 8 nitrogen and oxygen atoms in total. The van der Waals surface area contributed by atoms with Gasteiger partial charge in [-0.15, -0.1) is 0 Å². The van der Waals surface area contributed by atoms with Crippen LogP contribution in [0.15, 0.2) is 60.7 Å². The summed E-state index contributed by atoms with van der Waals surface area (Å²) in [7, 11) is 0. The highest BCUT2D eigenvalue weighted by atomic mass is 32.1. The number of thiocarbonyl (C=S) groups is 2. The molecule has 0 aliphatic rings. The quantitative estimate of drug-likeness (QED) is 0.220. The monoisotopic (exact) mass is 444 g/mol. The number of hydrogen-bond donors (Lipinski definition) is 6. The highest BCUT2D eigenvalue weighted by Gasteiger charge is 2.05. The maximum Gasteiger partial charge on any atom is 0.238 e. The zero-order valence-electron chi connectivity index (χ0n) is 16.2. The fourth-order valence-electron chi connectivity index (χ4n) is 2.32. The summed E-state index contributed by atoms with van der Waals surface area (Å²) in [4.78, 5) is 23.7. The second-order valence-corrected chi connectivity index (χ2v) is 7.01. The molecule has 2 rings (SSSR count). The molecule has 0 unspecified atom stereocenters. The minimum Gasteiger partial charge on any atom is -0.331 e. The van der Waals surface area contributed by atoms with E-state index in [-0.39, 0.29) is 24.7 Å². The first-order valence-electron chi connectivity index (χ1n) is 9.34. The summed E-state index contributed by atoms with van der Waals surface area (Å²) >= 11 is 10.2. The number of amides is 2. The van der Waals surface area contributed by atoms with Crippen LogP contribution in [-0.2, 0) is 9.59 Å². The molecule has 2 amide bonds. The third-order valence-electron chi connectivity index (χ3n) is 3.75. The SMILES string of the molecule is O=C(CCCCC(=O)NNC(=S)Nc1ccccc1)NNC(=S)Nc1ccccc1. The van der Waals surface area contributed by atoms with Crippen molar-refractivity contribution < 1.29 is 9.59 Å². The van der Waals surface area contributed by atoms with Crippen molar-refractivity contribution in [1.82, 2.24) is 21.7 Å². The normalized spacial score (nSPS) is 9.73. The molecule has 0 heterocycles. The zero-order valence-corrected chi connectivity index (χ0v) is 17.9. The number of hydrogen-bond acceptors (Lipinski definition) is 4. The van der Waals surface area contributed by atoms with Crippen molar-refractivity contribution in [3.8, 4) is 0 Å². The highest BCUT2D eigenvalue weighted by molar-refractivity contribution is 7.80. The van der Waals surface area contributed by atoms with Crippen LogP contribution in [-0.4, -0.2) is 22.0 Å². The molecule has 0 saturated carbocycles. The number of hydrazine groups is 2. The van der Waals surface area contributed by atoms with E-state index in [1.54, 1.807) is 0 Å². The number of carbonyl (C=O) groups is 2. The number of carbonyl (C=O) groups excluding carboxylic acids is 2. The number of anilines is 2. The van der Waals surface area contributed by atoms with Crippen LogP contribution in [0.4, 0.5) is 11.4 Å². The van der Waals surface area contributed by atoms with Crippen molar-refractivity contribution in [3.63, 3.8) is 0 Å². The lowest BCUT2D eigenvalue weighted by molar-refractivity contribution is -0.123. The fraction of sp³-hybridized carbons (Fsp3) is 0.200. The first-order valence-corrected chi connectivity index (χ1v) is 10.2. The lowest BCUT2D eigenvalue weighted by Gasteiger charge is -2.12. The van der Waals surface area contributed by atoms with Gasteiger partial charge < -0.3 is 10.6 Å².